The van der Waals surface area contributed by atoms with Gasteiger partial charge in [-0.1, -0.05) is 6.92 Å². The van der Waals surface area contributed by atoms with Gasteiger partial charge in [-0.15, -0.1) is 0 Å². The van der Waals surface area contributed by atoms with Gasteiger partial charge in [-0.2, -0.15) is 0 Å². The fourth-order valence-electron chi connectivity index (χ4n) is 2.65. The molecule has 0 aliphatic carbocycles. The van der Waals surface area contributed by atoms with Gasteiger partial charge < -0.3 is 15.0 Å². The molecular formula is C15H32N2O. The smallest absolute Gasteiger partial charge is 0.0637 e. The Morgan fingerprint density at radius 2 is 1.89 bits per heavy atom. The Morgan fingerprint density at radius 1 is 1.33 bits per heavy atom. The van der Waals surface area contributed by atoms with Crippen molar-refractivity contribution >= 4 is 0 Å². The minimum atomic E-state index is -0.0277. The van der Waals surface area contributed by atoms with Crippen LogP contribution in [0.25, 0.3) is 0 Å². The largest absolute Gasteiger partial charge is 0.379 e. The number of methoxy groups -OCH3 is 1. The van der Waals surface area contributed by atoms with Crippen molar-refractivity contribution in [3.05, 3.63) is 0 Å². The van der Waals surface area contributed by atoms with E-state index in [-0.39, 0.29) is 5.60 Å². The third-order valence-corrected chi connectivity index (χ3v) is 4.42. The van der Waals surface area contributed by atoms with Gasteiger partial charge in [0.05, 0.1) is 5.60 Å². The molecule has 1 saturated heterocycles. The standard InChI is InChI=1S/C15H32N2O/c1-13(11-14(2,3)18-6)16-12-15(4)7-9-17(5)10-8-15/h13,16H,7-12H2,1-6H3. The van der Waals surface area contributed by atoms with Crippen LogP contribution < -0.4 is 5.32 Å². The van der Waals surface area contributed by atoms with Crippen LogP contribution in [0.15, 0.2) is 0 Å². The van der Waals surface area contributed by atoms with Gasteiger partial charge in [-0.05, 0) is 65.6 Å². The van der Waals surface area contributed by atoms with Crippen molar-refractivity contribution < 1.29 is 4.74 Å². The van der Waals surface area contributed by atoms with E-state index in [1.807, 2.05) is 0 Å². The van der Waals surface area contributed by atoms with Gasteiger partial charge in [-0.25, -0.2) is 0 Å². The Bertz CT molecular complexity index is 245. The molecule has 1 unspecified atom stereocenters. The number of likely N-dealkylation sites (tertiary alicyclic amines) is 1. The first-order valence-electron chi connectivity index (χ1n) is 7.23. The average Bonchev–Trinajstić information content (AvgIpc) is 2.31. The van der Waals surface area contributed by atoms with Crippen LogP contribution in [-0.2, 0) is 4.74 Å². The molecular weight excluding hydrogens is 224 g/mol. The zero-order chi connectivity index (χ0) is 13.8. The van der Waals surface area contributed by atoms with E-state index in [0.29, 0.717) is 11.5 Å². The molecule has 1 N–H and O–H groups in total. The maximum Gasteiger partial charge on any atom is 0.0637 e. The minimum absolute atomic E-state index is 0.0277. The van der Waals surface area contributed by atoms with Crippen molar-refractivity contribution in [2.45, 2.75) is 58.6 Å². The minimum Gasteiger partial charge on any atom is -0.379 e. The normalized spacial score (nSPS) is 23.0. The lowest BCUT2D eigenvalue weighted by atomic mass is 9.80. The maximum absolute atomic E-state index is 5.49. The van der Waals surface area contributed by atoms with E-state index < -0.39 is 0 Å². The predicted octanol–water partition coefficient (Wildman–Crippen LogP) is 2.51. The molecule has 0 aromatic rings. The van der Waals surface area contributed by atoms with E-state index in [0.717, 1.165) is 13.0 Å². The monoisotopic (exact) mass is 256 g/mol. The predicted molar refractivity (Wildman–Crippen MR) is 78.0 cm³/mol. The van der Waals surface area contributed by atoms with Gasteiger partial charge in [0.15, 0.2) is 0 Å². The molecule has 1 fully saturated rings. The van der Waals surface area contributed by atoms with Crippen LogP contribution in [0.2, 0.25) is 0 Å². The van der Waals surface area contributed by atoms with Crippen molar-refractivity contribution in [3.63, 3.8) is 0 Å². The number of ether oxygens (including phenoxy) is 1. The van der Waals surface area contributed by atoms with E-state index >= 15 is 0 Å². The van der Waals surface area contributed by atoms with Crippen LogP contribution in [0.1, 0.15) is 47.0 Å². The lowest BCUT2D eigenvalue weighted by Gasteiger charge is -2.39. The SMILES string of the molecule is COC(C)(C)CC(C)NCC1(C)CCN(C)CC1. The molecule has 1 atom stereocenters. The van der Waals surface area contributed by atoms with Gasteiger partial charge >= 0.3 is 0 Å². The molecule has 1 aliphatic heterocycles. The summed E-state index contributed by atoms with van der Waals surface area (Å²) < 4.78 is 5.49. The molecule has 0 saturated carbocycles. The van der Waals surface area contributed by atoms with Gasteiger partial charge in [-0.3, -0.25) is 0 Å². The zero-order valence-electron chi connectivity index (χ0n) is 13.2. The summed E-state index contributed by atoms with van der Waals surface area (Å²) in [4.78, 5) is 2.43. The van der Waals surface area contributed by atoms with Crippen LogP contribution in [0, 0.1) is 5.41 Å². The maximum atomic E-state index is 5.49. The van der Waals surface area contributed by atoms with Crippen LogP contribution in [0.5, 0.6) is 0 Å². The average molecular weight is 256 g/mol. The van der Waals surface area contributed by atoms with Gasteiger partial charge in [0, 0.05) is 19.7 Å². The molecule has 0 aromatic heterocycles. The Hall–Kier alpha value is -0.120. The Labute approximate surface area is 113 Å². The molecule has 1 heterocycles. The fourth-order valence-corrected chi connectivity index (χ4v) is 2.65. The van der Waals surface area contributed by atoms with Crippen LogP contribution >= 0.6 is 0 Å². The number of rotatable bonds is 6. The molecule has 3 heteroatoms. The van der Waals surface area contributed by atoms with Crippen molar-refractivity contribution in [1.29, 1.82) is 0 Å². The third-order valence-electron chi connectivity index (χ3n) is 4.42. The lowest BCUT2D eigenvalue weighted by Crippen LogP contribution is -2.45. The second kappa shape index (κ2) is 6.36. The molecule has 0 spiro atoms. The summed E-state index contributed by atoms with van der Waals surface area (Å²) >= 11 is 0. The Balaban J connectivity index is 2.31. The summed E-state index contributed by atoms with van der Waals surface area (Å²) in [5.74, 6) is 0. The summed E-state index contributed by atoms with van der Waals surface area (Å²) in [6, 6.07) is 0.511. The van der Waals surface area contributed by atoms with Gasteiger partial charge in [0.2, 0.25) is 0 Å². The number of hydrogen-bond acceptors (Lipinski definition) is 3. The Kier molecular flexibility index (Phi) is 5.63. The zero-order valence-corrected chi connectivity index (χ0v) is 13.2. The summed E-state index contributed by atoms with van der Waals surface area (Å²) in [6.07, 6.45) is 3.66. The summed E-state index contributed by atoms with van der Waals surface area (Å²) in [7, 11) is 4.02. The highest BCUT2D eigenvalue weighted by atomic mass is 16.5. The molecule has 0 radical (unpaired) electrons. The van der Waals surface area contributed by atoms with Crippen LogP contribution in [-0.4, -0.2) is 50.3 Å². The molecule has 0 aromatic carbocycles. The molecule has 0 bridgehead atoms. The van der Waals surface area contributed by atoms with Crippen molar-refractivity contribution in [3.8, 4) is 0 Å². The van der Waals surface area contributed by atoms with Gasteiger partial charge in [0.25, 0.3) is 0 Å². The quantitative estimate of drug-likeness (QED) is 0.790. The van der Waals surface area contributed by atoms with E-state index in [4.69, 9.17) is 4.74 Å². The molecule has 0 amide bonds. The molecule has 18 heavy (non-hydrogen) atoms. The lowest BCUT2D eigenvalue weighted by molar-refractivity contribution is 0.00711. The number of hydrogen-bond donors (Lipinski definition) is 1. The molecule has 3 nitrogen and oxygen atoms in total. The summed E-state index contributed by atoms with van der Waals surface area (Å²) in [5.41, 5.74) is 0.443. The first-order valence-corrected chi connectivity index (χ1v) is 7.23. The van der Waals surface area contributed by atoms with Crippen molar-refractivity contribution in [2.75, 3.05) is 33.8 Å². The van der Waals surface area contributed by atoms with E-state index in [2.05, 4.69) is 45.0 Å². The molecule has 1 aliphatic rings. The van der Waals surface area contributed by atoms with E-state index in [1.54, 1.807) is 7.11 Å². The first-order chi connectivity index (χ1) is 8.26. The van der Waals surface area contributed by atoms with Crippen molar-refractivity contribution in [2.24, 2.45) is 5.41 Å². The van der Waals surface area contributed by atoms with Crippen LogP contribution in [0.4, 0.5) is 0 Å². The second-order valence-electron chi connectivity index (χ2n) is 7.06. The summed E-state index contributed by atoms with van der Waals surface area (Å²) in [6.45, 7) is 12.6. The van der Waals surface area contributed by atoms with E-state index in [1.165, 1.54) is 25.9 Å². The topological polar surface area (TPSA) is 24.5 Å². The number of nitrogens with zero attached hydrogens (tertiary/aromatic N) is 1. The molecule has 108 valence electrons. The van der Waals surface area contributed by atoms with E-state index in [9.17, 15) is 0 Å². The number of piperidine rings is 1. The highest BCUT2D eigenvalue weighted by molar-refractivity contribution is 4.85. The molecule has 1 rings (SSSR count). The van der Waals surface area contributed by atoms with Gasteiger partial charge in [0.1, 0.15) is 0 Å². The van der Waals surface area contributed by atoms with Crippen LogP contribution in [0.3, 0.4) is 0 Å². The highest BCUT2D eigenvalue weighted by Gasteiger charge is 2.29. The highest BCUT2D eigenvalue weighted by Crippen LogP contribution is 2.29. The summed E-state index contributed by atoms with van der Waals surface area (Å²) in [5, 5.41) is 3.70. The third kappa shape index (κ3) is 5.25. The fraction of sp³-hybridized carbons (Fsp3) is 1.00. The number of nitrogens with one attached hydrogen (secondary N) is 1. The Morgan fingerprint density at radius 3 is 2.39 bits per heavy atom. The first kappa shape index (κ1) is 15.9. The van der Waals surface area contributed by atoms with Crippen molar-refractivity contribution in [1.82, 2.24) is 10.2 Å². The second-order valence-corrected chi connectivity index (χ2v) is 7.06.